The predicted octanol–water partition coefficient (Wildman–Crippen LogP) is 4.40. The SMILES string of the molecule is C=C(C)C(=O)OC(C)(C(F)(F)F)C(F)(F)CCC(F)(F)F. The van der Waals surface area contributed by atoms with Gasteiger partial charge in [-0.15, -0.1) is 0 Å². The van der Waals surface area contributed by atoms with Gasteiger partial charge in [0, 0.05) is 18.4 Å². The predicted molar refractivity (Wildman–Crippen MR) is 55.6 cm³/mol. The van der Waals surface area contributed by atoms with E-state index in [0.717, 1.165) is 6.92 Å². The number of hydrogen-bond donors (Lipinski definition) is 0. The van der Waals surface area contributed by atoms with Crippen LogP contribution in [0.3, 0.4) is 0 Å². The molecular formula is C11H12F8O2. The van der Waals surface area contributed by atoms with Crippen molar-refractivity contribution in [2.75, 3.05) is 0 Å². The Kier molecular flexibility index (Phi) is 5.43. The van der Waals surface area contributed by atoms with Crippen LogP contribution in [0.4, 0.5) is 35.1 Å². The number of halogens is 8. The van der Waals surface area contributed by atoms with E-state index in [1.807, 2.05) is 0 Å². The summed E-state index contributed by atoms with van der Waals surface area (Å²) in [7, 11) is 0. The average molecular weight is 328 g/mol. The Balaban J connectivity index is 5.49. The number of alkyl halides is 8. The highest BCUT2D eigenvalue weighted by Crippen LogP contribution is 2.48. The van der Waals surface area contributed by atoms with Gasteiger partial charge < -0.3 is 4.74 Å². The summed E-state index contributed by atoms with van der Waals surface area (Å²) in [5.74, 6) is -6.74. The van der Waals surface area contributed by atoms with Gasteiger partial charge in [0.2, 0.25) is 0 Å². The Hall–Kier alpha value is -1.35. The van der Waals surface area contributed by atoms with Crippen LogP contribution in [0.25, 0.3) is 0 Å². The third kappa shape index (κ3) is 4.85. The van der Waals surface area contributed by atoms with Gasteiger partial charge >= 0.3 is 18.3 Å². The van der Waals surface area contributed by atoms with Gasteiger partial charge in [-0.25, -0.2) is 13.6 Å². The number of carbonyl (C=O) groups excluding carboxylic acids is 1. The maximum Gasteiger partial charge on any atom is 0.434 e. The largest absolute Gasteiger partial charge is 0.440 e. The van der Waals surface area contributed by atoms with Crippen LogP contribution in [0.2, 0.25) is 0 Å². The third-order valence-corrected chi connectivity index (χ3v) is 2.61. The second-order valence-electron chi connectivity index (χ2n) is 4.52. The minimum atomic E-state index is -5.77. The summed E-state index contributed by atoms with van der Waals surface area (Å²) in [5, 5.41) is 0. The van der Waals surface area contributed by atoms with Gasteiger partial charge in [0.15, 0.2) is 0 Å². The molecule has 0 aliphatic carbocycles. The Bertz CT molecular complexity index is 409. The van der Waals surface area contributed by atoms with E-state index in [2.05, 4.69) is 11.3 Å². The van der Waals surface area contributed by atoms with E-state index in [9.17, 15) is 39.9 Å². The molecule has 0 aliphatic heterocycles. The fourth-order valence-corrected chi connectivity index (χ4v) is 1.15. The Morgan fingerprint density at radius 3 is 1.71 bits per heavy atom. The molecule has 10 heteroatoms. The standard InChI is InChI=1S/C11H12F8O2/c1-6(2)7(20)21-8(3,11(17,18)19)9(12,13)4-5-10(14,15)16/h1,4-5H2,2-3H3. The highest BCUT2D eigenvalue weighted by molar-refractivity contribution is 5.87. The van der Waals surface area contributed by atoms with Crippen LogP contribution in [-0.2, 0) is 9.53 Å². The lowest BCUT2D eigenvalue weighted by molar-refractivity contribution is -0.331. The molecule has 124 valence electrons. The maximum atomic E-state index is 13.6. The first-order valence-electron chi connectivity index (χ1n) is 5.43. The molecule has 0 N–H and O–H groups in total. The Morgan fingerprint density at radius 2 is 1.43 bits per heavy atom. The molecule has 0 heterocycles. The first kappa shape index (κ1) is 19.7. The molecular weight excluding hydrogens is 316 g/mol. The van der Waals surface area contributed by atoms with Crippen LogP contribution in [-0.4, -0.2) is 29.8 Å². The van der Waals surface area contributed by atoms with E-state index in [0.29, 0.717) is 0 Å². The fraction of sp³-hybridized carbons (Fsp3) is 0.727. The van der Waals surface area contributed by atoms with Gasteiger partial charge in [-0.2, -0.15) is 26.3 Å². The highest BCUT2D eigenvalue weighted by Gasteiger charge is 2.69. The molecule has 1 atom stereocenters. The number of hydrogen-bond acceptors (Lipinski definition) is 2. The second kappa shape index (κ2) is 5.80. The van der Waals surface area contributed by atoms with Crippen molar-refractivity contribution in [3.05, 3.63) is 12.2 Å². The lowest BCUT2D eigenvalue weighted by Gasteiger charge is -2.38. The van der Waals surface area contributed by atoms with Gasteiger partial charge in [0.1, 0.15) is 0 Å². The molecule has 0 spiro atoms. The molecule has 2 nitrogen and oxygen atoms in total. The van der Waals surface area contributed by atoms with Crippen LogP contribution in [0.15, 0.2) is 12.2 Å². The molecule has 21 heavy (non-hydrogen) atoms. The molecule has 0 aromatic carbocycles. The maximum absolute atomic E-state index is 13.6. The monoisotopic (exact) mass is 328 g/mol. The van der Waals surface area contributed by atoms with Gasteiger partial charge in [-0.3, -0.25) is 0 Å². The molecule has 1 unspecified atom stereocenters. The fourth-order valence-electron chi connectivity index (χ4n) is 1.15. The van der Waals surface area contributed by atoms with Crippen LogP contribution >= 0.6 is 0 Å². The van der Waals surface area contributed by atoms with E-state index in [-0.39, 0.29) is 6.92 Å². The normalized spacial score (nSPS) is 16.3. The zero-order valence-corrected chi connectivity index (χ0v) is 11.0. The van der Waals surface area contributed by atoms with E-state index < -0.39 is 48.3 Å². The topological polar surface area (TPSA) is 26.3 Å². The summed E-state index contributed by atoms with van der Waals surface area (Å²) in [6, 6.07) is 0. The van der Waals surface area contributed by atoms with E-state index in [1.165, 1.54) is 0 Å². The van der Waals surface area contributed by atoms with E-state index >= 15 is 0 Å². The minimum absolute atomic E-state index is 0.176. The first-order valence-corrected chi connectivity index (χ1v) is 5.43. The van der Waals surface area contributed by atoms with Crippen molar-refractivity contribution in [1.29, 1.82) is 0 Å². The summed E-state index contributed by atoms with van der Waals surface area (Å²) in [6.07, 6.45) is -15.2. The van der Waals surface area contributed by atoms with Gasteiger partial charge in [-0.05, 0) is 13.8 Å². The highest BCUT2D eigenvalue weighted by atomic mass is 19.4. The van der Waals surface area contributed by atoms with Gasteiger partial charge in [0.25, 0.3) is 11.5 Å². The summed E-state index contributed by atoms with van der Waals surface area (Å²) >= 11 is 0. The van der Waals surface area contributed by atoms with E-state index in [4.69, 9.17) is 0 Å². The third-order valence-electron chi connectivity index (χ3n) is 2.61. The Morgan fingerprint density at radius 1 is 1.00 bits per heavy atom. The molecule has 0 radical (unpaired) electrons. The zero-order chi connectivity index (χ0) is 17.3. The molecule has 0 aromatic heterocycles. The second-order valence-corrected chi connectivity index (χ2v) is 4.52. The molecule has 0 fully saturated rings. The van der Waals surface area contributed by atoms with Crippen molar-refractivity contribution in [1.82, 2.24) is 0 Å². The van der Waals surface area contributed by atoms with Crippen LogP contribution in [0, 0.1) is 0 Å². The zero-order valence-electron chi connectivity index (χ0n) is 11.0. The molecule has 0 aromatic rings. The molecule has 0 amide bonds. The van der Waals surface area contributed by atoms with Crippen molar-refractivity contribution in [2.24, 2.45) is 0 Å². The number of carbonyl (C=O) groups is 1. The number of rotatable bonds is 5. The molecule has 0 aliphatic rings. The number of esters is 1. The van der Waals surface area contributed by atoms with Crippen LogP contribution in [0.5, 0.6) is 0 Å². The first-order chi connectivity index (χ1) is 9.03. The summed E-state index contributed by atoms with van der Waals surface area (Å²) < 4.78 is 105. The number of ether oxygens (including phenoxy) is 1. The molecule has 0 rings (SSSR count). The Labute approximate surface area is 114 Å². The van der Waals surface area contributed by atoms with Crippen molar-refractivity contribution in [2.45, 2.75) is 50.6 Å². The van der Waals surface area contributed by atoms with Crippen molar-refractivity contribution < 1.29 is 44.7 Å². The van der Waals surface area contributed by atoms with Crippen LogP contribution < -0.4 is 0 Å². The average Bonchev–Trinajstić information content (AvgIpc) is 2.23. The molecule has 0 bridgehead atoms. The van der Waals surface area contributed by atoms with Gasteiger partial charge in [0.05, 0.1) is 0 Å². The van der Waals surface area contributed by atoms with Gasteiger partial charge in [-0.1, -0.05) is 6.58 Å². The minimum Gasteiger partial charge on any atom is -0.440 e. The molecule has 0 saturated heterocycles. The van der Waals surface area contributed by atoms with Crippen molar-refractivity contribution in [3.63, 3.8) is 0 Å². The quantitative estimate of drug-likeness (QED) is 0.425. The smallest absolute Gasteiger partial charge is 0.434 e. The summed E-state index contributed by atoms with van der Waals surface area (Å²) in [5.41, 5.74) is -4.99. The van der Waals surface area contributed by atoms with E-state index in [1.54, 1.807) is 0 Å². The molecule has 0 saturated carbocycles. The summed E-state index contributed by atoms with van der Waals surface area (Å²) in [4.78, 5) is 11.1. The van der Waals surface area contributed by atoms with Crippen molar-refractivity contribution >= 4 is 5.97 Å². The summed E-state index contributed by atoms with van der Waals surface area (Å²) in [6.45, 7) is 3.66. The lowest BCUT2D eigenvalue weighted by Crippen LogP contribution is -2.59. The lowest BCUT2D eigenvalue weighted by atomic mass is 9.92. The van der Waals surface area contributed by atoms with Crippen LogP contribution in [0.1, 0.15) is 26.7 Å². The van der Waals surface area contributed by atoms with Crippen molar-refractivity contribution in [3.8, 4) is 0 Å².